The van der Waals surface area contributed by atoms with Crippen molar-refractivity contribution >= 4 is 10.8 Å². The van der Waals surface area contributed by atoms with Gasteiger partial charge in [-0.15, -0.1) is 0 Å². The molecular formula is C26H37NO. The van der Waals surface area contributed by atoms with Crippen molar-refractivity contribution in [3.8, 4) is 5.75 Å². The third kappa shape index (κ3) is 4.71. The molecule has 1 aliphatic heterocycles. The van der Waals surface area contributed by atoms with Gasteiger partial charge in [-0.25, -0.2) is 0 Å². The molecule has 0 amide bonds. The second kappa shape index (κ2) is 9.31. The zero-order valence-corrected chi connectivity index (χ0v) is 17.8. The van der Waals surface area contributed by atoms with Crippen molar-refractivity contribution in [2.45, 2.75) is 76.7 Å². The van der Waals surface area contributed by atoms with Gasteiger partial charge in [0.25, 0.3) is 0 Å². The highest BCUT2D eigenvalue weighted by atomic mass is 16.5. The second-order valence-corrected chi connectivity index (χ2v) is 9.26. The highest BCUT2D eigenvalue weighted by Crippen LogP contribution is 2.33. The fourth-order valence-corrected chi connectivity index (χ4v) is 5.51. The molecule has 2 unspecified atom stereocenters. The molecule has 2 aromatic carbocycles. The monoisotopic (exact) mass is 379 g/mol. The SMILES string of the molecule is COc1ccc2cc(C(C)CN3CCCCC3CC3CCCCC3)ccc2c1. The van der Waals surface area contributed by atoms with Gasteiger partial charge in [-0.3, -0.25) is 4.90 Å². The normalized spacial score (nSPS) is 23.0. The molecule has 4 rings (SSSR count). The van der Waals surface area contributed by atoms with Crippen molar-refractivity contribution in [3.63, 3.8) is 0 Å². The molecule has 0 bridgehead atoms. The number of hydrogen-bond acceptors (Lipinski definition) is 2. The first kappa shape index (κ1) is 19.8. The predicted molar refractivity (Wildman–Crippen MR) is 119 cm³/mol. The summed E-state index contributed by atoms with van der Waals surface area (Å²) in [5.41, 5.74) is 1.47. The lowest BCUT2D eigenvalue weighted by Gasteiger charge is -2.39. The summed E-state index contributed by atoms with van der Waals surface area (Å²) in [6.45, 7) is 4.92. The molecule has 0 spiro atoms. The van der Waals surface area contributed by atoms with E-state index in [1.54, 1.807) is 7.11 Å². The van der Waals surface area contributed by atoms with Crippen molar-refractivity contribution in [2.75, 3.05) is 20.2 Å². The van der Waals surface area contributed by atoms with Crippen molar-refractivity contribution < 1.29 is 4.74 Å². The van der Waals surface area contributed by atoms with Crippen LogP contribution in [-0.2, 0) is 0 Å². The van der Waals surface area contributed by atoms with E-state index < -0.39 is 0 Å². The minimum Gasteiger partial charge on any atom is -0.497 e. The number of likely N-dealkylation sites (tertiary alicyclic amines) is 1. The highest BCUT2D eigenvalue weighted by Gasteiger charge is 2.27. The molecule has 28 heavy (non-hydrogen) atoms. The Morgan fingerprint density at radius 3 is 2.50 bits per heavy atom. The number of rotatable bonds is 6. The maximum Gasteiger partial charge on any atom is 0.119 e. The molecule has 2 aliphatic rings. The van der Waals surface area contributed by atoms with Gasteiger partial charge in [0.15, 0.2) is 0 Å². The van der Waals surface area contributed by atoms with Crippen molar-refractivity contribution in [3.05, 3.63) is 42.0 Å². The molecule has 1 aliphatic carbocycles. The zero-order chi connectivity index (χ0) is 19.3. The van der Waals surface area contributed by atoms with Crippen LogP contribution in [0.5, 0.6) is 5.75 Å². The Morgan fingerprint density at radius 2 is 1.68 bits per heavy atom. The molecule has 2 atom stereocenters. The van der Waals surface area contributed by atoms with Crippen molar-refractivity contribution in [1.29, 1.82) is 0 Å². The summed E-state index contributed by atoms with van der Waals surface area (Å²) < 4.78 is 5.37. The molecule has 0 aromatic heterocycles. The lowest BCUT2D eigenvalue weighted by molar-refractivity contribution is 0.111. The van der Waals surface area contributed by atoms with Crippen LogP contribution in [0.25, 0.3) is 10.8 Å². The van der Waals surface area contributed by atoms with E-state index in [4.69, 9.17) is 4.74 Å². The van der Waals surface area contributed by atoms with E-state index in [0.29, 0.717) is 5.92 Å². The topological polar surface area (TPSA) is 12.5 Å². The van der Waals surface area contributed by atoms with Crippen LogP contribution in [-0.4, -0.2) is 31.1 Å². The molecule has 1 saturated heterocycles. The van der Waals surface area contributed by atoms with Gasteiger partial charge in [0.2, 0.25) is 0 Å². The van der Waals surface area contributed by atoms with Crippen LogP contribution in [0.1, 0.15) is 76.2 Å². The summed E-state index contributed by atoms with van der Waals surface area (Å²) >= 11 is 0. The summed E-state index contributed by atoms with van der Waals surface area (Å²) in [6, 6.07) is 14.2. The van der Waals surface area contributed by atoms with E-state index >= 15 is 0 Å². The van der Waals surface area contributed by atoms with Gasteiger partial charge in [0.1, 0.15) is 5.75 Å². The Balaban J connectivity index is 1.43. The summed E-state index contributed by atoms with van der Waals surface area (Å²) in [6.07, 6.45) is 13.0. The number of benzene rings is 2. The zero-order valence-electron chi connectivity index (χ0n) is 17.8. The lowest BCUT2D eigenvalue weighted by Crippen LogP contribution is -2.42. The molecule has 2 nitrogen and oxygen atoms in total. The molecule has 1 saturated carbocycles. The van der Waals surface area contributed by atoms with Gasteiger partial charge in [-0.2, -0.15) is 0 Å². The molecule has 0 radical (unpaired) electrons. The number of piperidine rings is 1. The minimum absolute atomic E-state index is 0.582. The van der Waals surface area contributed by atoms with E-state index in [-0.39, 0.29) is 0 Å². The average molecular weight is 380 g/mol. The van der Waals surface area contributed by atoms with Crippen LogP contribution < -0.4 is 4.74 Å². The van der Waals surface area contributed by atoms with Gasteiger partial charge >= 0.3 is 0 Å². The molecule has 2 heteroatoms. The van der Waals surface area contributed by atoms with E-state index in [1.165, 1.54) is 87.2 Å². The molecular weight excluding hydrogens is 342 g/mol. The van der Waals surface area contributed by atoms with E-state index in [9.17, 15) is 0 Å². The Hall–Kier alpha value is -1.54. The average Bonchev–Trinajstić information content (AvgIpc) is 2.75. The summed E-state index contributed by atoms with van der Waals surface area (Å²) in [7, 11) is 1.74. The number of fused-ring (bicyclic) bond motifs is 1. The second-order valence-electron chi connectivity index (χ2n) is 9.26. The van der Waals surface area contributed by atoms with Crippen LogP contribution in [0.15, 0.2) is 36.4 Å². The Kier molecular flexibility index (Phi) is 6.57. The molecule has 0 N–H and O–H groups in total. The highest BCUT2D eigenvalue weighted by molar-refractivity contribution is 5.84. The largest absolute Gasteiger partial charge is 0.497 e. The number of methoxy groups -OCH3 is 1. The number of hydrogen-bond donors (Lipinski definition) is 0. The quantitative estimate of drug-likeness (QED) is 0.548. The van der Waals surface area contributed by atoms with Gasteiger partial charge in [0, 0.05) is 12.6 Å². The molecule has 2 fully saturated rings. The number of nitrogens with zero attached hydrogens (tertiary/aromatic N) is 1. The summed E-state index contributed by atoms with van der Waals surface area (Å²) in [5, 5.41) is 2.59. The molecule has 1 heterocycles. The predicted octanol–water partition coefficient (Wildman–Crippen LogP) is 6.78. The van der Waals surface area contributed by atoms with E-state index in [0.717, 1.165) is 17.7 Å². The Labute approximate surface area is 171 Å². The maximum absolute atomic E-state index is 5.37. The first-order valence-electron chi connectivity index (χ1n) is 11.5. The molecule has 152 valence electrons. The third-order valence-corrected chi connectivity index (χ3v) is 7.23. The Morgan fingerprint density at radius 1 is 0.929 bits per heavy atom. The van der Waals surface area contributed by atoms with E-state index in [2.05, 4.69) is 48.2 Å². The maximum atomic E-state index is 5.37. The van der Waals surface area contributed by atoms with Crippen molar-refractivity contribution in [2.24, 2.45) is 5.92 Å². The minimum atomic E-state index is 0.582. The third-order valence-electron chi connectivity index (χ3n) is 7.23. The van der Waals surface area contributed by atoms with Gasteiger partial charge < -0.3 is 4.74 Å². The van der Waals surface area contributed by atoms with Crippen LogP contribution in [0.4, 0.5) is 0 Å². The number of ether oxygens (including phenoxy) is 1. The summed E-state index contributed by atoms with van der Waals surface area (Å²) in [4.78, 5) is 2.83. The van der Waals surface area contributed by atoms with Crippen LogP contribution in [0.3, 0.4) is 0 Å². The fourth-order valence-electron chi connectivity index (χ4n) is 5.51. The first-order chi connectivity index (χ1) is 13.7. The van der Waals surface area contributed by atoms with Crippen LogP contribution >= 0.6 is 0 Å². The molecule has 2 aromatic rings. The van der Waals surface area contributed by atoms with E-state index in [1.807, 2.05) is 0 Å². The summed E-state index contributed by atoms with van der Waals surface area (Å²) in [5.74, 6) is 2.51. The standard InChI is InChI=1S/C26H37NO/c1-20(22-11-12-24-18-26(28-2)14-13-23(24)17-22)19-27-15-7-6-10-25(27)16-21-8-4-3-5-9-21/h11-14,17-18,20-21,25H,3-10,15-16,19H2,1-2H3. The first-order valence-corrected chi connectivity index (χ1v) is 11.5. The Bertz CT molecular complexity index is 764. The van der Waals surface area contributed by atoms with Crippen LogP contribution in [0, 0.1) is 5.92 Å². The van der Waals surface area contributed by atoms with Gasteiger partial charge in [-0.05, 0) is 66.1 Å². The van der Waals surface area contributed by atoms with Crippen LogP contribution in [0.2, 0.25) is 0 Å². The lowest BCUT2D eigenvalue weighted by atomic mass is 9.82. The fraction of sp³-hybridized carbons (Fsp3) is 0.615. The van der Waals surface area contributed by atoms with Gasteiger partial charge in [0.05, 0.1) is 7.11 Å². The van der Waals surface area contributed by atoms with Crippen molar-refractivity contribution in [1.82, 2.24) is 4.90 Å². The van der Waals surface area contributed by atoms with Gasteiger partial charge in [-0.1, -0.05) is 69.7 Å². The smallest absolute Gasteiger partial charge is 0.119 e.